The Bertz CT molecular complexity index is 507. The molecule has 3 heteroatoms. The highest BCUT2D eigenvalue weighted by atomic mass is 35.5. The number of halogens is 1. The molecule has 1 N–H and O–H groups in total. The van der Waals surface area contributed by atoms with Crippen LogP contribution in [-0.2, 0) is 13.0 Å². The first kappa shape index (κ1) is 11.3. The van der Waals surface area contributed by atoms with Gasteiger partial charge in [-0.3, -0.25) is 0 Å². The minimum absolute atomic E-state index is 0.490. The molecule has 1 aliphatic rings. The fourth-order valence-corrected chi connectivity index (χ4v) is 3.29. The lowest BCUT2D eigenvalue weighted by molar-refractivity contribution is 0.533. The summed E-state index contributed by atoms with van der Waals surface area (Å²) in [4.78, 5) is 1.40. The maximum Gasteiger partial charge on any atom is 0.0408 e. The molecular formula is C14H14ClNS. The first-order valence-corrected chi connectivity index (χ1v) is 7.13. The minimum atomic E-state index is 0.490. The van der Waals surface area contributed by atoms with Crippen molar-refractivity contribution in [3.63, 3.8) is 0 Å². The molecule has 0 amide bonds. The lowest BCUT2D eigenvalue weighted by Crippen LogP contribution is -2.17. The molecule has 0 fully saturated rings. The average Bonchev–Trinajstić information content (AvgIpc) is 2.94. The average molecular weight is 264 g/mol. The van der Waals surface area contributed by atoms with E-state index in [1.54, 1.807) is 11.3 Å². The Morgan fingerprint density at radius 3 is 3.12 bits per heavy atom. The molecule has 88 valence electrons. The molecule has 1 aromatic carbocycles. The van der Waals surface area contributed by atoms with E-state index in [0.29, 0.717) is 6.04 Å². The molecule has 0 spiro atoms. The van der Waals surface area contributed by atoms with E-state index in [2.05, 4.69) is 35.0 Å². The number of thiophene rings is 1. The Morgan fingerprint density at radius 2 is 2.29 bits per heavy atom. The van der Waals surface area contributed by atoms with Gasteiger partial charge in [0.05, 0.1) is 0 Å². The van der Waals surface area contributed by atoms with E-state index in [0.717, 1.165) is 18.0 Å². The van der Waals surface area contributed by atoms with Crippen molar-refractivity contribution in [2.75, 3.05) is 0 Å². The lowest BCUT2D eigenvalue weighted by Gasteiger charge is -2.13. The molecule has 1 atom stereocenters. The van der Waals surface area contributed by atoms with Crippen LogP contribution in [0.25, 0.3) is 0 Å². The van der Waals surface area contributed by atoms with Crippen molar-refractivity contribution in [3.8, 4) is 0 Å². The van der Waals surface area contributed by atoms with E-state index in [1.807, 2.05) is 6.07 Å². The fraction of sp³-hybridized carbons (Fsp3) is 0.286. The number of aryl methyl sites for hydroxylation is 1. The first-order valence-electron chi connectivity index (χ1n) is 5.87. The quantitative estimate of drug-likeness (QED) is 0.876. The van der Waals surface area contributed by atoms with Gasteiger partial charge in [0.15, 0.2) is 0 Å². The summed E-state index contributed by atoms with van der Waals surface area (Å²) < 4.78 is 0. The van der Waals surface area contributed by atoms with Crippen molar-refractivity contribution in [3.05, 3.63) is 56.7 Å². The summed E-state index contributed by atoms with van der Waals surface area (Å²) >= 11 is 7.82. The molecule has 1 heterocycles. The standard InChI is InChI=1S/C14H14ClNS/c15-11-4-5-13-10(8-11)3-6-14(13)16-9-12-2-1-7-17-12/h1-2,4-5,7-8,14,16H,3,6,9H2. The Hall–Kier alpha value is -0.830. The zero-order valence-corrected chi connectivity index (χ0v) is 11.0. The lowest BCUT2D eigenvalue weighted by atomic mass is 10.1. The molecule has 0 saturated heterocycles. The molecule has 1 aromatic heterocycles. The SMILES string of the molecule is Clc1ccc2c(c1)CCC2NCc1cccs1. The van der Waals surface area contributed by atoms with Gasteiger partial charge in [0.2, 0.25) is 0 Å². The van der Waals surface area contributed by atoms with E-state index >= 15 is 0 Å². The van der Waals surface area contributed by atoms with Crippen LogP contribution in [0.15, 0.2) is 35.7 Å². The minimum Gasteiger partial charge on any atom is -0.305 e. The van der Waals surface area contributed by atoms with E-state index in [1.165, 1.54) is 22.4 Å². The van der Waals surface area contributed by atoms with Gasteiger partial charge < -0.3 is 5.32 Å². The van der Waals surface area contributed by atoms with Gasteiger partial charge >= 0.3 is 0 Å². The molecule has 0 aliphatic heterocycles. The van der Waals surface area contributed by atoms with Crippen LogP contribution in [0.1, 0.15) is 28.5 Å². The second-order valence-electron chi connectivity index (χ2n) is 4.39. The molecule has 1 nitrogen and oxygen atoms in total. The molecule has 17 heavy (non-hydrogen) atoms. The van der Waals surface area contributed by atoms with Gasteiger partial charge in [0.25, 0.3) is 0 Å². The van der Waals surface area contributed by atoms with Crippen LogP contribution >= 0.6 is 22.9 Å². The summed E-state index contributed by atoms with van der Waals surface area (Å²) in [5.74, 6) is 0. The second kappa shape index (κ2) is 4.81. The van der Waals surface area contributed by atoms with Crippen LogP contribution < -0.4 is 5.32 Å². The van der Waals surface area contributed by atoms with Crippen molar-refractivity contribution in [2.45, 2.75) is 25.4 Å². The van der Waals surface area contributed by atoms with Gasteiger partial charge in [-0.1, -0.05) is 23.7 Å². The van der Waals surface area contributed by atoms with E-state index < -0.39 is 0 Å². The topological polar surface area (TPSA) is 12.0 Å². The maximum atomic E-state index is 6.01. The monoisotopic (exact) mass is 263 g/mol. The fourth-order valence-electron chi connectivity index (χ4n) is 2.44. The normalized spacial score (nSPS) is 18.3. The third-order valence-electron chi connectivity index (χ3n) is 3.29. The van der Waals surface area contributed by atoms with Crippen LogP contribution in [0, 0.1) is 0 Å². The van der Waals surface area contributed by atoms with E-state index in [-0.39, 0.29) is 0 Å². The molecular weight excluding hydrogens is 250 g/mol. The van der Waals surface area contributed by atoms with Gasteiger partial charge in [0, 0.05) is 22.5 Å². The van der Waals surface area contributed by atoms with Crippen LogP contribution in [0.5, 0.6) is 0 Å². The number of hydrogen-bond acceptors (Lipinski definition) is 2. The van der Waals surface area contributed by atoms with E-state index in [9.17, 15) is 0 Å². The zero-order chi connectivity index (χ0) is 11.7. The Morgan fingerprint density at radius 1 is 1.35 bits per heavy atom. The van der Waals surface area contributed by atoms with Crippen molar-refractivity contribution in [2.24, 2.45) is 0 Å². The van der Waals surface area contributed by atoms with Crippen molar-refractivity contribution in [1.29, 1.82) is 0 Å². The zero-order valence-electron chi connectivity index (χ0n) is 9.45. The van der Waals surface area contributed by atoms with Crippen LogP contribution in [0.2, 0.25) is 5.02 Å². The number of nitrogens with one attached hydrogen (secondary N) is 1. The Kier molecular flexibility index (Phi) is 3.19. The number of fused-ring (bicyclic) bond motifs is 1. The van der Waals surface area contributed by atoms with Gasteiger partial charge in [-0.15, -0.1) is 11.3 Å². The maximum absolute atomic E-state index is 6.01. The highest BCUT2D eigenvalue weighted by Crippen LogP contribution is 2.33. The smallest absolute Gasteiger partial charge is 0.0408 e. The summed E-state index contributed by atoms with van der Waals surface area (Å²) in [5.41, 5.74) is 2.83. The largest absolute Gasteiger partial charge is 0.305 e. The van der Waals surface area contributed by atoms with Crippen LogP contribution in [0.3, 0.4) is 0 Å². The van der Waals surface area contributed by atoms with Gasteiger partial charge in [0.1, 0.15) is 0 Å². The summed E-state index contributed by atoms with van der Waals surface area (Å²) in [7, 11) is 0. The van der Waals surface area contributed by atoms with Gasteiger partial charge in [-0.05, 0) is 47.5 Å². The number of rotatable bonds is 3. The molecule has 1 aliphatic carbocycles. The molecule has 3 rings (SSSR count). The summed E-state index contributed by atoms with van der Waals surface area (Å²) in [6.45, 7) is 0.963. The van der Waals surface area contributed by atoms with Crippen molar-refractivity contribution >= 4 is 22.9 Å². The number of hydrogen-bond donors (Lipinski definition) is 1. The highest BCUT2D eigenvalue weighted by Gasteiger charge is 2.21. The third-order valence-corrected chi connectivity index (χ3v) is 4.40. The molecule has 0 saturated carbocycles. The number of benzene rings is 1. The van der Waals surface area contributed by atoms with Gasteiger partial charge in [-0.2, -0.15) is 0 Å². The second-order valence-corrected chi connectivity index (χ2v) is 5.86. The first-order chi connectivity index (χ1) is 8.33. The summed E-state index contributed by atoms with van der Waals surface area (Å²) in [6.07, 6.45) is 2.32. The van der Waals surface area contributed by atoms with Crippen LogP contribution in [-0.4, -0.2) is 0 Å². The summed E-state index contributed by atoms with van der Waals surface area (Å²) in [5, 5.41) is 6.60. The van der Waals surface area contributed by atoms with E-state index in [4.69, 9.17) is 11.6 Å². The molecule has 0 radical (unpaired) electrons. The van der Waals surface area contributed by atoms with Crippen LogP contribution in [0.4, 0.5) is 0 Å². The van der Waals surface area contributed by atoms with Crippen molar-refractivity contribution < 1.29 is 0 Å². The predicted molar refractivity (Wildman–Crippen MR) is 73.7 cm³/mol. The van der Waals surface area contributed by atoms with Crippen molar-refractivity contribution in [1.82, 2.24) is 5.32 Å². The molecule has 2 aromatic rings. The highest BCUT2D eigenvalue weighted by molar-refractivity contribution is 7.09. The molecule has 0 bridgehead atoms. The third kappa shape index (κ3) is 2.39. The Balaban J connectivity index is 1.71. The summed E-state index contributed by atoms with van der Waals surface area (Å²) in [6, 6.07) is 11.0. The predicted octanol–water partition coefficient (Wildman–Crippen LogP) is 4.18. The molecule has 1 unspecified atom stereocenters. The van der Waals surface area contributed by atoms with Gasteiger partial charge in [-0.25, -0.2) is 0 Å². The Labute approximate surface area is 110 Å².